The maximum absolute atomic E-state index is 13.3. The molecular formula is C16H16FN5OS. The summed E-state index contributed by atoms with van der Waals surface area (Å²) in [7, 11) is 0. The van der Waals surface area contributed by atoms with E-state index in [0.717, 1.165) is 5.56 Å². The number of rotatable bonds is 5. The average Bonchev–Trinajstić information content (AvgIpc) is 3.22. The van der Waals surface area contributed by atoms with E-state index in [1.165, 1.54) is 23.7 Å². The number of amides is 1. The summed E-state index contributed by atoms with van der Waals surface area (Å²) in [6.07, 6.45) is 3.00. The zero-order valence-corrected chi connectivity index (χ0v) is 14.0. The number of carbonyl (C=O) groups is 1. The van der Waals surface area contributed by atoms with Gasteiger partial charge in [0.05, 0.1) is 18.2 Å². The standard InChI is InChI=1S/C16H16FN5OS/c1-10-5-12(3-4-13(10)17)14-7-24-16(20-14)21-15(23)11(2)6-22-9-18-8-19-22/h3-5,7-9,11H,6H2,1-2H3,(H,20,21,23)/t11-/m1/s1. The van der Waals surface area contributed by atoms with Gasteiger partial charge in [-0.05, 0) is 30.7 Å². The summed E-state index contributed by atoms with van der Waals surface area (Å²) in [6, 6.07) is 4.84. The van der Waals surface area contributed by atoms with Crippen LogP contribution in [0.4, 0.5) is 9.52 Å². The molecule has 1 aromatic carbocycles. The number of aromatic nitrogens is 4. The number of carbonyl (C=O) groups excluding carboxylic acids is 1. The highest BCUT2D eigenvalue weighted by Crippen LogP contribution is 2.26. The molecule has 0 aliphatic carbocycles. The molecule has 0 saturated carbocycles. The highest BCUT2D eigenvalue weighted by atomic mass is 32.1. The van der Waals surface area contributed by atoms with Gasteiger partial charge < -0.3 is 5.32 Å². The molecule has 0 bridgehead atoms. The van der Waals surface area contributed by atoms with Gasteiger partial charge in [0, 0.05) is 10.9 Å². The van der Waals surface area contributed by atoms with Crippen LogP contribution in [-0.4, -0.2) is 25.7 Å². The van der Waals surface area contributed by atoms with E-state index in [1.807, 2.05) is 12.3 Å². The van der Waals surface area contributed by atoms with Crippen molar-refractivity contribution in [1.82, 2.24) is 19.7 Å². The van der Waals surface area contributed by atoms with Crippen LogP contribution in [0.3, 0.4) is 0 Å². The molecule has 0 radical (unpaired) electrons. The van der Waals surface area contributed by atoms with E-state index in [0.29, 0.717) is 22.9 Å². The van der Waals surface area contributed by atoms with Crippen molar-refractivity contribution in [3.63, 3.8) is 0 Å². The Morgan fingerprint density at radius 2 is 2.29 bits per heavy atom. The summed E-state index contributed by atoms with van der Waals surface area (Å²) in [5.41, 5.74) is 2.09. The molecule has 0 saturated heterocycles. The number of nitrogens with zero attached hydrogens (tertiary/aromatic N) is 4. The van der Waals surface area contributed by atoms with Gasteiger partial charge in [0.1, 0.15) is 18.5 Å². The minimum Gasteiger partial charge on any atom is -0.302 e. The Morgan fingerprint density at radius 3 is 3.00 bits per heavy atom. The molecule has 8 heteroatoms. The SMILES string of the molecule is Cc1cc(-c2csc(NC(=O)[C@H](C)Cn3cncn3)n2)ccc1F. The van der Waals surface area contributed by atoms with E-state index in [-0.39, 0.29) is 17.6 Å². The van der Waals surface area contributed by atoms with Crippen molar-refractivity contribution in [3.8, 4) is 11.3 Å². The van der Waals surface area contributed by atoms with Gasteiger partial charge in [-0.2, -0.15) is 5.10 Å². The number of halogens is 1. The van der Waals surface area contributed by atoms with Crippen LogP contribution in [0, 0.1) is 18.7 Å². The average molecular weight is 345 g/mol. The van der Waals surface area contributed by atoms with Gasteiger partial charge in [0.2, 0.25) is 5.91 Å². The highest BCUT2D eigenvalue weighted by Gasteiger charge is 2.16. The summed E-state index contributed by atoms with van der Waals surface area (Å²) in [5, 5.41) is 9.14. The number of benzene rings is 1. The third kappa shape index (κ3) is 3.65. The Labute approximate surface area is 142 Å². The van der Waals surface area contributed by atoms with E-state index in [4.69, 9.17) is 0 Å². The summed E-state index contributed by atoms with van der Waals surface area (Å²) >= 11 is 1.34. The normalized spacial score (nSPS) is 12.1. The van der Waals surface area contributed by atoms with Crippen molar-refractivity contribution in [2.45, 2.75) is 20.4 Å². The van der Waals surface area contributed by atoms with Crippen molar-refractivity contribution in [1.29, 1.82) is 0 Å². The maximum Gasteiger partial charge on any atom is 0.230 e. The summed E-state index contributed by atoms with van der Waals surface area (Å²) < 4.78 is 15.0. The molecule has 24 heavy (non-hydrogen) atoms. The first-order valence-corrected chi connectivity index (χ1v) is 8.26. The molecule has 1 amide bonds. The molecule has 3 aromatic rings. The molecular weight excluding hydrogens is 329 g/mol. The molecule has 0 aliphatic rings. The van der Waals surface area contributed by atoms with Crippen LogP contribution in [-0.2, 0) is 11.3 Å². The summed E-state index contributed by atoms with van der Waals surface area (Å²) in [5.74, 6) is -0.654. The number of hydrogen-bond donors (Lipinski definition) is 1. The second-order valence-corrected chi connectivity index (χ2v) is 6.37. The van der Waals surface area contributed by atoms with Gasteiger partial charge in [-0.1, -0.05) is 6.92 Å². The lowest BCUT2D eigenvalue weighted by atomic mass is 10.1. The van der Waals surface area contributed by atoms with E-state index in [1.54, 1.807) is 30.1 Å². The number of nitrogens with one attached hydrogen (secondary N) is 1. The molecule has 1 N–H and O–H groups in total. The highest BCUT2D eigenvalue weighted by molar-refractivity contribution is 7.14. The van der Waals surface area contributed by atoms with Crippen LogP contribution >= 0.6 is 11.3 Å². The Kier molecular flexibility index (Phi) is 4.66. The molecule has 124 valence electrons. The van der Waals surface area contributed by atoms with Crippen LogP contribution < -0.4 is 5.32 Å². The summed E-state index contributed by atoms with van der Waals surface area (Å²) in [6.45, 7) is 3.97. The fraction of sp³-hybridized carbons (Fsp3) is 0.250. The van der Waals surface area contributed by atoms with Gasteiger partial charge in [-0.3, -0.25) is 9.48 Å². The molecule has 2 heterocycles. The lowest BCUT2D eigenvalue weighted by molar-refractivity contribution is -0.119. The van der Waals surface area contributed by atoms with Crippen molar-refractivity contribution < 1.29 is 9.18 Å². The molecule has 0 aliphatic heterocycles. The predicted molar refractivity (Wildman–Crippen MR) is 90.1 cm³/mol. The van der Waals surface area contributed by atoms with Crippen LogP contribution in [0.1, 0.15) is 12.5 Å². The lowest BCUT2D eigenvalue weighted by Gasteiger charge is -2.10. The van der Waals surface area contributed by atoms with E-state index in [9.17, 15) is 9.18 Å². The first-order valence-electron chi connectivity index (χ1n) is 7.38. The fourth-order valence-corrected chi connectivity index (χ4v) is 2.91. The lowest BCUT2D eigenvalue weighted by Crippen LogP contribution is -2.24. The second-order valence-electron chi connectivity index (χ2n) is 5.51. The molecule has 0 spiro atoms. The minimum atomic E-state index is -0.271. The van der Waals surface area contributed by atoms with E-state index < -0.39 is 0 Å². The zero-order chi connectivity index (χ0) is 17.1. The van der Waals surface area contributed by atoms with Gasteiger partial charge in [0.15, 0.2) is 5.13 Å². The van der Waals surface area contributed by atoms with Crippen molar-refractivity contribution in [3.05, 3.63) is 47.6 Å². The molecule has 0 unspecified atom stereocenters. The van der Waals surface area contributed by atoms with Crippen LogP contribution in [0.25, 0.3) is 11.3 Å². The largest absolute Gasteiger partial charge is 0.302 e. The van der Waals surface area contributed by atoms with E-state index >= 15 is 0 Å². The van der Waals surface area contributed by atoms with E-state index in [2.05, 4.69) is 20.4 Å². The Bertz CT molecular complexity index is 846. The van der Waals surface area contributed by atoms with Crippen molar-refractivity contribution >= 4 is 22.4 Å². The topological polar surface area (TPSA) is 72.7 Å². The first-order chi connectivity index (χ1) is 11.5. The number of aryl methyl sites for hydroxylation is 1. The maximum atomic E-state index is 13.3. The fourth-order valence-electron chi connectivity index (χ4n) is 2.19. The first kappa shape index (κ1) is 16.3. The smallest absolute Gasteiger partial charge is 0.230 e. The van der Waals surface area contributed by atoms with Gasteiger partial charge >= 0.3 is 0 Å². The number of anilines is 1. The summed E-state index contributed by atoms with van der Waals surface area (Å²) in [4.78, 5) is 20.5. The Morgan fingerprint density at radius 1 is 1.46 bits per heavy atom. The van der Waals surface area contributed by atoms with Crippen molar-refractivity contribution in [2.24, 2.45) is 5.92 Å². The second kappa shape index (κ2) is 6.88. The third-order valence-corrected chi connectivity index (χ3v) is 4.32. The minimum absolute atomic E-state index is 0.137. The van der Waals surface area contributed by atoms with Crippen LogP contribution in [0.2, 0.25) is 0 Å². The van der Waals surface area contributed by atoms with Gasteiger partial charge in [0.25, 0.3) is 0 Å². The zero-order valence-electron chi connectivity index (χ0n) is 13.2. The van der Waals surface area contributed by atoms with Crippen LogP contribution in [0.15, 0.2) is 36.2 Å². The molecule has 0 fully saturated rings. The Hall–Kier alpha value is -2.61. The number of thiazole rings is 1. The monoisotopic (exact) mass is 345 g/mol. The van der Waals surface area contributed by atoms with Crippen LogP contribution in [0.5, 0.6) is 0 Å². The van der Waals surface area contributed by atoms with Crippen molar-refractivity contribution in [2.75, 3.05) is 5.32 Å². The number of hydrogen-bond acceptors (Lipinski definition) is 5. The molecule has 1 atom stereocenters. The molecule has 6 nitrogen and oxygen atoms in total. The molecule has 2 aromatic heterocycles. The quantitative estimate of drug-likeness (QED) is 0.771. The Balaban J connectivity index is 1.67. The van der Waals surface area contributed by atoms with Gasteiger partial charge in [-0.15, -0.1) is 11.3 Å². The molecule has 3 rings (SSSR count). The third-order valence-electron chi connectivity index (χ3n) is 3.56. The predicted octanol–water partition coefficient (Wildman–Crippen LogP) is 3.12. The van der Waals surface area contributed by atoms with Gasteiger partial charge in [-0.25, -0.2) is 14.4 Å².